The van der Waals surface area contributed by atoms with E-state index in [1.807, 2.05) is 6.92 Å². The number of hydrogen-bond acceptors (Lipinski definition) is 6. The molecule has 0 bridgehead atoms. The SMILES string of the molecule is CCCC(=O)CCC(=O)CCC(=O)CCC(NC(=O)CBr)NC(=O)OC(C)(C)C. The Kier molecular flexibility index (Phi) is 13.4. The van der Waals surface area contributed by atoms with Gasteiger partial charge in [-0.25, -0.2) is 4.79 Å². The third kappa shape index (κ3) is 15.8. The topological polar surface area (TPSA) is 119 Å². The summed E-state index contributed by atoms with van der Waals surface area (Å²) in [5.74, 6) is -0.544. The van der Waals surface area contributed by atoms with Crippen LogP contribution in [0.3, 0.4) is 0 Å². The van der Waals surface area contributed by atoms with Gasteiger partial charge in [-0.3, -0.25) is 19.2 Å². The van der Waals surface area contributed by atoms with Gasteiger partial charge in [0.05, 0.1) is 5.33 Å². The first-order chi connectivity index (χ1) is 13.5. The number of alkyl halides is 1. The minimum atomic E-state index is -0.763. The van der Waals surface area contributed by atoms with Crippen molar-refractivity contribution in [1.82, 2.24) is 10.6 Å². The van der Waals surface area contributed by atoms with Crippen LogP contribution in [0.4, 0.5) is 4.79 Å². The molecule has 2 amide bonds. The number of nitrogens with one attached hydrogen (secondary N) is 2. The third-order valence-electron chi connectivity index (χ3n) is 3.75. The second-order valence-corrected chi connectivity index (χ2v) is 8.37. The highest BCUT2D eigenvalue weighted by Crippen LogP contribution is 2.09. The molecule has 9 heteroatoms. The fourth-order valence-corrected chi connectivity index (χ4v) is 2.54. The fourth-order valence-electron chi connectivity index (χ4n) is 2.38. The van der Waals surface area contributed by atoms with Crippen molar-refractivity contribution in [2.75, 3.05) is 5.33 Å². The Balaban J connectivity index is 4.42. The average Bonchev–Trinajstić information content (AvgIpc) is 2.61. The minimum Gasteiger partial charge on any atom is -0.444 e. The normalized spacial score (nSPS) is 12.0. The summed E-state index contributed by atoms with van der Waals surface area (Å²) >= 11 is 3.03. The van der Waals surface area contributed by atoms with Gasteiger partial charge in [-0.05, 0) is 33.6 Å². The van der Waals surface area contributed by atoms with Crippen LogP contribution >= 0.6 is 15.9 Å². The van der Waals surface area contributed by atoms with Gasteiger partial charge in [0.1, 0.15) is 29.1 Å². The van der Waals surface area contributed by atoms with Crippen molar-refractivity contribution in [2.24, 2.45) is 0 Å². The molecule has 29 heavy (non-hydrogen) atoms. The highest BCUT2D eigenvalue weighted by molar-refractivity contribution is 9.09. The molecule has 0 aromatic heterocycles. The summed E-state index contributed by atoms with van der Waals surface area (Å²) in [5.41, 5.74) is -0.692. The van der Waals surface area contributed by atoms with E-state index in [1.54, 1.807) is 20.8 Å². The van der Waals surface area contributed by atoms with Crippen molar-refractivity contribution < 1.29 is 28.7 Å². The van der Waals surface area contributed by atoms with E-state index < -0.39 is 17.9 Å². The van der Waals surface area contributed by atoms with E-state index in [0.717, 1.165) is 6.42 Å². The molecule has 0 fully saturated rings. The van der Waals surface area contributed by atoms with Gasteiger partial charge in [0.2, 0.25) is 5.91 Å². The number of halogens is 1. The van der Waals surface area contributed by atoms with E-state index in [1.165, 1.54) is 0 Å². The third-order valence-corrected chi connectivity index (χ3v) is 4.26. The first-order valence-electron chi connectivity index (χ1n) is 9.86. The summed E-state index contributed by atoms with van der Waals surface area (Å²) in [7, 11) is 0. The average molecular weight is 477 g/mol. The molecule has 0 radical (unpaired) electrons. The van der Waals surface area contributed by atoms with Gasteiger partial charge in [0.15, 0.2) is 0 Å². The molecule has 1 unspecified atom stereocenters. The van der Waals surface area contributed by atoms with Crippen molar-refractivity contribution in [3.63, 3.8) is 0 Å². The molecule has 0 saturated carbocycles. The number of amides is 2. The first-order valence-corrected chi connectivity index (χ1v) is 11.0. The van der Waals surface area contributed by atoms with Crippen LogP contribution in [0.25, 0.3) is 0 Å². The van der Waals surface area contributed by atoms with Gasteiger partial charge in [-0.15, -0.1) is 0 Å². The van der Waals surface area contributed by atoms with Gasteiger partial charge >= 0.3 is 6.09 Å². The first kappa shape index (κ1) is 27.2. The van der Waals surface area contributed by atoms with Crippen LogP contribution in [-0.2, 0) is 23.9 Å². The lowest BCUT2D eigenvalue weighted by atomic mass is 10.0. The van der Waals surface area contributed by atoms with Crippen LogP contribution in [0.1, 0.15) is 79.1 Å². The molecular weight excluding hydrogens is 444 g/mol. The van der Waals surface area contributed by atoms with Crippen LogP contribution < -0.4 is 10.6 Å². The number of alkyl carbamates (subject to hydrolysis) is 1. The molecule has 166 valence electrons. The smallest absolute Gasteiger partial charge is 0.409 e. The van der Waals surface area contributed by atoms with Crippen LogP contribution in [0.5, 0.6) is 0 Å². The van der Waals surface area contributed by atoms with Crippen molar-refractivity contribution in [2.45, 2.75) is 90.8 Å². The standard InChI is InChI=1S/C20H33BrN2O6/c1-5-6-14(24)7-8-15(25)9-10-16(26)11-12-17(22-18(27)13-21)23-19(28)29-20(2,3)4/h17H,5-13H2,1-4H3,(H,22,27)(H,23,28). The van der Waals surface area contributed by atoms with Gasteiger partial charge in [-0.1, -0.05) is 22.9 Å². The molecule has 1 atom stereocenters. The molecule has 2 N–H and O–H groups in total. The van der Waals surface area contributed by atoms with E-state index in [2.05, 4.69) is 26.6 Å². The maximum Gasteiger partial charge on any atom is 0.409 e. The number of hydrogen-bond donors (Lipinski definition) is 2. The summed E-state index contributed by atoms with van der Waals surface area (Å²) in [4.78, 5) is 58.9. The molecule has 0 aromatic rings. The van der Waals surface area contributed by atoms with Gasteiger partial charge < -0.3 is 15.4 Å². The van der Waals surface area contributed by atoms with E-state index in [0.29, 0.717) is 6.42 Å². The molecule has 0 spiro atoms. The van der Waals surface area contributed by atoms with Crippen molar-refractivity contribution >= 4 is 45.3 Å². The molecular formula is C20H33BrN2O6. The predicted octanol–water partition coefficient (Wildman–Crippen LogP) is 3.20. The molecule has 0 aliphatic carbocycles. The molecule has 0 aromatic carbocycles. The molecule has 0 rings (SSSR count). The Morgan fingerprint density at radius 2 is 1.31 bits per heavy atom. The van der Waals surface area contributed by atoms with Crippen LogP contribution in [0.2, 0.25) is 0 Å². The number of ether oxygens (including phenoxy) is 1. The van der Waals surface area contributed by atoms with Gasteiger partial charge in [0.25, 0.3) is 0 Å². The second-order valence-electron chi connectivity index (χ2n) is 7.80. The van der Waals surface area contributed by atoms with Crippen molar-refractivity contribution in [3.05, 3.63) is 0 Å². The summed E-state index contributed by atoms with van der Waals surface area (Å²) < 4.78 is 5.16. The fraction of sp³-hybridized carbons (Fsp3) is 0.750. The lowest BCUT2D eigenvalue weighted by Crippen LogP contribution is -2.49. The highest BCUT2D eigenvalue weighted by atomic mass is 79.9. The Morgan fingerprint density at radius 3 is 1.76 bits per heavy atom. The van der Waals surface area contributed by atoms with Crippen LogP contribution in [0, 0.1) is 0 Å². The largest absolute Gasteiger partial charge is 0.444 e. The zero-order valence-corrected chi connectivity index (χ0v) is 19.4. The van der Waals surface area contributed by atoms with Crippen molar-refractivity contribution in [1.29, 1.82) is 0 Å². The lowest BCUT2D eigenvalue weighted by molar-refractivity contribution is -0.126. The number of carbonyl (C=O) groups excluding carboxylic acids is 5. The molecule has 8 nitrogen and oxygen atoms in total. The number of Topliss-reactive ketones (excluding diaryl/α,β-unsaturated/α-hetero) is 3. The summed E-state index contributed by atoms with van der Waals surface area (Å²) in [6.07, 6.45) is 0.594. The van der Waals surface area contributed by atoms with Crippen molar-refractivity contribution in [3.8, 4) is 0 Å². The van der Waals surface area contributed by atoms with E-state index >= 15 is 0 Å². The van der Waals surface area contributed by atoms with Crippen LogP contribution in [-0.4, -0.2) is 46.4 Å². The molecule has 0 heterocycles. The molecule has 0 aliphatic rings. The second kappa shape index (κ2) is 14.3. The maximum atomic E-state index is 12.1. The van der Waals surface area contributed by atoms with E-state index in [9.17, 15) is 24.0 Å². The number of carbonyl (C=O) groups is 5. The molecule has 0 saturated heterocycles. The predicted molar refractivity (Wildman–Crippen MR) is 113 cm³/mol. The maximum absolute atomic E-state index is 12.1. The zero-order chi connectivity index (χ0) is 22.4. The monoisotopic (exact) mass is 476 g/mol. The van der Waals surface area contributed by atoms with E-state index in [4.69, 9.17) is 4.74 Å². The number of rotatable bonds is 14. The Bertz CT molecular complexity index is 586. The van der Waals surface area contributed by atoms with Gasteiger partial charge in [-0.2, -0.15) is 0 Å². The molecule has 0 aliphatic heterocycles. The lowest BCUT2D eigenvalue weighted by Gasteiger charge is -2.24. The number of ketones is 3. The van der Waals surface area contributed by atoms with Crippen LogP contribution in [0.15, 0.2) is 0 Å². The Labute approximate surface area is 181 Å². The van der Waals surface area contributed by atoms with E-state index in [-0.39, 0.29) is 67.1 Å². The Morgan fingerprint density at radius 1 is 0.828 bits per heavy atom. The minimum absolute atomic E-state index is 0.0543. The highest BCUT2D eigenvalue weighted by Gasteiger charge is 2.21. The quantitative estimate of drug-likeness (QED) is 0.293. The summed E-state index contributed by atoms with van der Waals surface area (Å²) in [6, 6.07) is 0. The zero-order valence-electron chi connectivity index (χ0n) is 17.8. The summed E-state index contributed by atoms with van der Waals surface area (Å²) in [6.45, 7) is 7.06. The Hall–Kier alpha value is -1.77. The van der Waals surface area contributed by atoms with Gasteiger partial charge in [0, 0.05) is 38.5 Å². The summed E-state index contributed by atoms with van der Waals surface area (Å²) in [5, 5.41) is 5.18.